The predicted molar refractivity (Wildman–Crippen MR) is 84.9 cm³/mol. The topological polar surface area (TPSA) is 110 Å². The Bertz CT molecular complexity index is 458. The number of hydrogen-bond donors (Lipinski definition) is 4. The predicted octanol–water partition coefficient (Wildman–Crippen LogP) is 1.48. The molecule has 0 bridgehead atoms. The average molecular weight is 312 g/mol. The highest BCUT2D eigenvalue weighted by Gasteiger charge is 2.23. The van der Waals surface area contributed by atoms with Gasteiger partial charge in [-0.3, -0.25) is 4.79 Å². The van der Waals surface area contributed by atoms with Crippen LogP contribution >= 0.6 is 11.3 Å². The zero-order chi connectivity index (χ0) is 15.9. The van der Waals surface area contributed by atoms with Crippen molar-refractivity contribution in [1.82, 2.24) is 10.6 Å². The van der Waals surface area contributed by atoms with Gasteiger partial charge in [0.05, 0.1) is 12.5 Å². The van der Waals surface area contributed by atoms with E-state index in [0.717, 1.165) is 17.7 Å². The van der Waals surface area contributed by atoms with Crippen molar-refractivity contribution < 1.29 is 9.59 Å². The van der Waals surface area contributed by atoms with Gasteiger partial charge in [0.2, 0.25) is 5.91 Å². The number of rotatable bonds is 8. The van der Waals surface area contributed by atoms with E-state index in [4.69, 9.17) is 11.5 Å². The Hall–Kier alpha value is -1.60. The molecule has 0 radical (unpaired) electrons. The van der Waals surface area contributed by atoms with Crippen LogP contribution < -0.4 is 22.1 Å². The first-order valence-electron chi connectivity index (χ1n) is 7.05. The molecular formula is C14H24N4O2S. The number of primary amides is 1. The summed E-state index contributed by atoms with van der Waals surface area (Å²) in [5.41, 5.74) is 10.9. The molecule has 21 heavy (non-hydrogen) atoms. The van der Waals surface area contributed by atoms with E-state index >= 15 is 0 Å². The number of nitrogens with one attached hydrogen (secondary N) is 2. The highest BCUT2D eigenvalue weighted by Crippen LogP contribution is 2.22. The second-order valence-electron chi connectivity index (χ2n) is 5.13. The van der Waals surface area contributed by atoms with Crippen molar-refractivity contribution in [3.8, 4) is 0 Å². The summed E-state index contributed by atoms with van der Waals surface area (Å²) >= 11 is 1.47. The first kappa shape index (κ1) is 17.5. The van der Waals surface area contributed by atoms with Crippen LogP contribution in [0, 0.1) is 0 Å². The van der Waals surface area contributed by atoms with Crippen molar-refractivity contribution in [1.29, 1.82) is 0 Å². The van der Waals surface area contributed by atoms with Gasteiger partial charge in [0.1, 0.15) is 0 Å². The van der Waals surface area contributed by atoms with Gasteiger partial charge in [0, 0.05) is 17.0 Å². The molecule has 0 spiro atoms. The summed E-state index contributed by atoms with van der Waals surface area (Å²) < 4.78 is 0. The fraction of sp³-hybridized carbons (Fsp3) is 0.571. The fourth-order valence-corrected chi connectivity index (χ4v) is 2.69. The second-order valence-corrected chi connectivity index (χ2v) is 6.11. The molecule has 1 aromatic rings. The average Bonchev–Trinajstić information content (AvgIpc) is 2.98. The van der Waals surface area contributed by atoms with Gasteiger partial charge in [0.25, 0.3) is 0 Å². The highest BCUT2D eigenvalue weighted by atomic mass is 32.1. The number of amides is 3. The molecule has 7 heteroatoms. The molecule has 1 unspecified atom stereocenters. The lowest BCUT2D eigenvalue weighted by Gasteiger charge is -2.27. The van der Waals surface area contributed by atoms with Crippen molar-refractivity contribution in [2.24, 2.45) is 11.5 Å². The molecule has 1 atom stereocenters. The van der Waals surface area contributed by atoms with Gasteiger partial charge in [-0.25, -0.2) is 4.79 Å². The third-order valence-electron chi connectivity index (χ3n) is 3.64. The minimum absolute atomic E-state index is 0.146. The minimum atomic E-state index is -0.642. The summed E-state index contributed by atoms with van der Waals surface area (Å²) in [5, 5.41) is 7.33. The first-order valence-corrected chi connectivity index (χ1v) is 7.93. The Morgan fingerprint density at radius 2 is 2.05 bits per heavy atom. The summed E-state index contributed by atoms with van der Waals surface area (Å²) in [4.78, 5) is 24.0. The van der Waals surface area contributed by atoms with E-state index in [-0.39, 0.29) is 17.9 Å². The highest BCUT2D eigenvalue weighted by molar-refractivity contribution is 7.10. The maximum absolute atomic E-state index is 12.1. The van der Waals surface area contributed by atoms with E-state index in [9.17, 15) is 9.59 Å². The van der Waals surface area contributed by atoms with E-state index in [1.54, 1.807) is 0 Å². The number of thiophene rings is 1. The Morgan fingerprint density at radius 3 is 2.52 bits per heavy atom. The lowest BCUT2D eigenvalue weighted by molar-refractivity contribution is -0.121. The van der Waals surface area contributed by atoms with Gasteiger partial charge >= 0.3 is 6.03 Å². The summed E-state index contributed by atoms with van der Waals surface area (Å²) in [6.07, 6.45) is 1.72. The van der Waals surface area contributed by atoms with Crippen LogP contribution in [0.3, 0.4) is 0 Å². The molecule has 0 saturated carbocycles. The van der Waals surface area contributed by atoms with Crippen LogP contribution in [0.1, 0.15) is 44.0 Å². The van der Waals surface area contributed by atoms with Crippen LogP contribution in [0.4, 0.5) is 4.79 Å². The van der Waals surface area contributed by atoms with Crippen molar-refractivity contribution in [3.63, 3.8) is 0 Å². The van der Waals surface area contributed by atoms with Crippen molar-refractivity contribution in [3.05, 3.63) is 22.4 Å². The number of urea groups is 1. The van der Waals surface area contributed by atoms with E-state index in [1.807, 2.05) is 31.4 Å². The van der Waals surface area contributed by atoms with E-state index in [2.05, 4.69) is 10.6 Å². The lowest BCUT2D eigenvalue weighted by atomic mass is 9.94. The molecule has 1 aromatic heterocycles. The maximum Gasteiger partial charge on any atom is 0.312 e. The molecule has 6 nitrogen and oxygen atoms in total. The van der Waals surface area contributed by atoms with Crippen LogP contribution in [0.15, 0.2) is 17.5 Å². The maximum atomic E-state index is 12.1. The van der Waals surface area contributed by atoms with E-state index in [0.29, 0.717) is 6.54 Å². The molecule has 0 saturated heterocycles. The van der Waals surface area contributed by atoms with Crippen LogP contribution in [0.5, 0.6) is 0 Å². The number of carbonyl (C=O) groups is 2. The van der Waals surface area contributed by atoms with Gasteiger partial charge in [-0.1, -0.05) is 19.9 Å². The molecule has 6 N–H and O–H groups in total. The molecule has 0 aliphatic heterocycles. The fourth-order valence-electron chi connectivity index (χ4n) is 1.92. The lowest BCUT2D eigenvalue weighted by Crippen LogP contribution is -2.49. The monoisotopic (exact) mass is 312 g/mol. The van der Waals surface area contributed by atoms with Crippen molar-refractivity contribution >= 4 is 23.3 Å². The van der Waals surface area contributed by atoms with Gasteiger partial charge in [-0.05, 0) is 24.3 Å². The van der Waals surface area contributed by atoms with Crippen molar-refractivity contribution in [2.75, 3.05) is 6.54 Å². The summed E-state index contributed by atoms with van der Waals surface area (Å²) in [6.45, 7) is 4.42. The minimum Gasteiger partial charge on any atom is -0.354 e. The van der Waals surface area contributed by atoms with Crippen molar-refractivity contribution in [2.45, 2.75) is 44.7 Å². The van der Waals surface area contributed by atoms with Crippen LogP contribution in [-0.2, 0) is 4.79 Å². The van der Waals surface area contributed by atoms with Crippen LogP contribution in [0.25, 0.3) is 0 Å². The second kappa shape index (κ2) is 7.99. The van der Waals surface area contributed by atoms with E-state index < -0.39 is 12.1 Å². The zero-order valence-corrected chi connectivity index (χ0v) is 13.3. The number of carbonyl (C=O) groups excluding carboxylic acids is 2. The van der Waals surface area contributed by atoms with E-state index in [1.165, 1.54) is 11.3 Å². The number of hydrogen-bond acceptors (Lipinski definition) is 4. The zero-order valence-electron chi connectivity index (χ0n) is 12.5. The quantitative estimate of drug-likeness (QED) is 0.583. The van der Waals surface area contributed by atoms with Gasteiger partial charge in [-0.15, -0.1) is 11.3 Å². The Morgan fingerprint density at radius 1 is 1.38 bits per heavy atom. The molecule has 118 valence electrons. The summed E-state index contributed by atoms with van der Waals surface area (Å²) in [5.74, 6) is -0.154. The molecule has 0 aliphatic rings. The third kappa shape index (κ3) is 5.73. The third-order valence-corrected chi connectivity index (χ3v) is 4.62. The van der Waals surface area contributed by atoms with Crippen LogP contribution in [0.2, 0.25) is 0 Å². The normalized spacial score (nSPS) is 12.7. The largest absolute Gasteiger partial charge is 0.354 e. The molecular weight excluding hydrogens is 288 g/mol. The molecule has 0 aromatic carbocycles. The Labute approximate surface area is 129 Å². The Kier molecular flexibility index (Phi) is 6.64. The van der Waals surface area contributed by atoms with Gasteiger partial charge in [0.15, 0.2) is 0 Å². The standard InChI is InChI=1S/C14H24N4O2S/c1-3-14(16,4-2)9-17-12(19)8-10(18-13(15)20)11-6-5-7-21-11/h5-7,10H,3-4,8-9,16H2,1-2H3,(H,17,19)(H3,15,18,20). The summed E-state index contributed by atoms with van der Waals surface area (Å²) in [7, 11) is 0. The molecule has 0 fully saturated rings. The Balaban J connectivity index is 2.59. The molecule has 1 heterocycles. The van der Waals surface area contributed by atoms with Gasteiger partial charge < -0.3 is 22.1 Å². The first-order chi connectivity index (χ1) is 9.90. The SMILES string of the molecule is CCC(N)(CC)CNC(=O)CC(NC(N)=O)c1cccs1. The number of nitrogens with two attached hydrogens (primary N) is 2. The molecule has 1 rings (SSSR count). The molecule has 0 aliphatic carbocycles. The summed E-state index contributed by atoms with van der Waals surface area (Å²) in [6, 6.07) is 2.69. The smallest absolute Gasteiger partial charge is 0.312 e. The van der Waals surface area contributed by atoms with Crippen LogP contribution in [-0.4, -0.2) is 24.0 Å². The molecule has 3 amide bonds. The van der Waals surface area contributed by atoms with Gasteiger partial charge in [-0.2, -0.15) is 0 Å².